The fraction of sp³-hybridized carbons (Fsp3) is 0.263. The summed E-state index contributed by atoms with van der Waals surface area (Å²) in [5, 5.41) is 4.10. The van der Waals surface area contributed by atoms with E-state index in [1.165, 1.54) is 11.1 Å². The van der Waals surface area contributed by atoms with E-state index in [0.717, 1.165) is 30.9 Å². The first-order valence-corrected chi connectivity index (χ1v) is 8.00. The molecule has 0 unspecified atom stereocenters. The molecule has 5 heteroatoms. The minimum Gasteiger partial charge on any atom is -0.497 e. The summed E-state index contributed by atoms with van der Waals surface area (Å²) in [6.45, 7) is 1.49. The van der Waals surface area contributed by atoms with Gasteiger partial charge in [0.25, 0.3) is 0 Å². The normalized spacial score (nSPS) is 10.5. The molecule has 0 aliphatic carbocycles. The molecule has 0 amide bonds. The van der Waals surface area contributed by atoms with Crippen LogP contribution in [0.2, 0.25) is 0 Å². The fourth-order valence-electron chi connectivity index (χ4n) is 2.42. The van der Waals surface area contributed by atoms with Crippen LogP contribution in [-0.2, 0) is 19.4 Å². The van der Waals surface area contributed by atoms with Gasteiger partial charge in [0.2, 0.25) is 0 Å². The number of benzene rings is 2. The molecule has 0 spiro atoms. The first-order valence-electron chi connectivity index (χ1n) is 8.00. The molecule has 124 valence electrons. The maximum atomic E-state index is 5.81. The van der Waals surface area contributed by atoms with E-state index in [1.807, 2.05) is 28.9 Å². The van der Waals surface area contributed by atoms with Gasteiger partial charge in [0.1, 0.15) is 24.2 Å². The largest absolute Gasteiger partial charge is 0.497 e. The van der Waals surface area contributed by atoms with Crippen molar-refractivity contribution in [2.75, 3.05) is 13.7 Å². The lowest BCUT2D eigenvalue weighted by molar-refractivity contribution is 0.321. The third-order valence-electron chi connectivity index (χ3n) is 3.84. The molecule has 0 atom stereocenters. The Morgan fingerprint density at radius 2 is 1.54 bits per heavy atom. The number of ether oxygens (including phenoxy) is 2. The SMILES string of the molecule is COc1ccc(CCOc2ccc(CCn3cncn3)cc2)cc1. The number of methoxy groups -OCH3 is 1. The highest BCUT2D eigenvalue weighted by Crippen LogP contribution is 2.15. The van der Waals surface area contributed by atoms with Gasteiger partial charge in [-0.25, -0.2) is 4.98 Å². The zero-order chi connectivity index (χ0) is 16.6. The van der Waals surface area contributed by atoms with Crippen LogP contribution < -0.4 is 9.47 Å². The highest BCUT2D eigenvalue weighted by Gasteiger charge is 1.99. The van der Waals surface area contributed by atoms with Gasteiger partial charge in [-0.1, -0.05) is 24.3 Å². The summed E-state index contributed by atoms with van der Waals surface area (Å²) in [5.41, 5.74) is 2.49. The van der Waals surface area contributed by atoms with Crippen LogP contribution in [0, 0.1) is 0 Å². The minimum atomic E-state index is 0.657. The van der Waals surface area contributed by atoms with E-state index in [-0.39, 0.29) is 0 Å². The zero-order valence-electron chi connectivity index (χ0n) is 13.8. The number of nitrogens with zero attached hydrogens (tertiary/aromatic N) is 3. The van der Waals surface area contributed by atoms with Crippen molar-refractivity contribution in [1.29, 1.82) is 0 Å². The topological polar surface area (TPSA) is 49.2 Å². The van der Waals surface area contributed by atoms with Gasteiger partial charge < -0.3 is 9.47 Å². The van der Waals surface area contributed by atoms with Crippen molar-refractivity contribution in [3.05, 3.63) is 72.3 Å². The van der Waals surface area contributed by atoms with Crippen molar-refractivity contribution >= 4 is 0 Å². The van der Waals surface area contributed by atoms with Gasteiger partial charge in [0.15, 0.2) is 0 Å². The number of hydrogen-bond acceptors (Lipinski definition) is 4. The highest BCUT2D eigenvalue weighted by molar-refractivity contribution is 5.28. The average Bonchev–Trinajstić information content (AvgIpc) is 3.15. The third kappa shape index (κ3) is 4.59. The van der Waals surface area contributed by atoms with Crippen molar-refractivity contribution in [1.82, 2.24) is 14.8 Å². The zero-order valence-corrected chi connectivity index (χ0v) is 13.8. The van der Waals surface area contributed by atoms with Crippen LogP contribution in [0.25, 0.3) is 0 Å². The third-order valence-corrected chi connectivity index (χ3v) is 3.84. The second-order valence-corrected chi connectivity index (χ2v) is 5.50. The molecule has 1 aromatic heterocycles. The summed E-state index contributed by atoms with van der Waals surface area (Å²) in [7, 11) is 1.67. The Hall–Kier alpha value is -2.82. The number of aryl methyl sites for hydroxylation is 2. The Bertz CT molecular complexity index is 722. The van der Waals surface area contributed by atoms with E-state index < -0.39 is 0 Å². The minimum absolute atomic E-state index is 0.657. The molecule has 3 aromatic rings. The molecule has 3 rings (SSSR count). The van der Waals surface area contributed by atoms with Gasteiger partial charge in [-0.3, -0.25) is 4.68 Å². The van der Waals surface area contributed by atoms with Gasteiger partial charge in [-0.05, 0) is 41.8 Å². The molecular formula is C19H21N3O2. The van der Waals surface area contributed by atoms with E-state index in [2.05, 4.69) is 34.3 Å². The van der Waals surface area contributed by atoms with Gasteiger partial charge in [0.05, 0.1) is 13.7 Å². The lowest BCUT2D eigenvalue weighted by Gasteiger charge is -2.08. The van der Waals surface area contributed by atoms with Crippen molar-refractivity contribution in [2.45, 2.75) is 19.4 Å². The van der Waals surface area contributed by atoms with E-state index in [1.54, 1.807) is 19.8 Å². The summed E-state index contributed by atoms with van der Waals surface area (Å²) >= 11 is 0. The summed E-state index contributed by atoms with van der Waals surface area (Å²) in [6, 6.07) is 16.3. The van der Waals surface area contributed by atoms with Crippen LogP contribution in [0.1, 0.15) is 11.1 Å². The van der Waals surface area contributed by atoms with Crippen LogP contribution >= 0.6 is 0 Å². The van der Waals surface area contributed by atoms with Crippen molar-refractivity contribution < 1.29 is 9.47 Å². The molecule has 0 N–H and O–H groups in total. The van der Waals surface area contributed by atoms with Gasteiger partial charge in [0, 0.05) is 13.0 Å². The number of hydrogen-bond donors (Lipinski definition) is 0. The monoisotopic (exact) mass is 323 g/mol. The van der Waals surface area contributed by atoms with Crippen LogP contribution in [0.3, 0.4) is 0 Å². The number of aromatic nitrogens is 3. The molecule has 0 fully saturated rings. The van der Waals surface area contributed by atoms with E-state index in [0.29, 0.717) is 6.61 Å². The van der Waals surface area contributed by atoms with Crippen LogP contribution in [0.5, 0.6) is 11.5 Å². The quantitative estimate of drug-likeness (QED) is 0.639. The molecule has 5 nitrogen and oxygen atoms in total. The van der Waals surface area contributed by atoms with Crippen LogP contribution in [0.15, 0.2) is 61.2 Å². The smallest absolute Gasteiger partial charge is 0.137 e. The van der Waals surface area contributed by atoms with E-state index in [9.17, 15) is 0 Å². The van der Waals surface area contributed by atoms with Crippen LogP contribution in [-0.4, -0.2) is 28.5 Å². The summed E-state index contributed by atoms with van der Waals surface area (Å²) in [5.74, 6) is 1.77. The van der Waals surface area contributed by atoms with Crippen molar-refractivity contribution in [3.63, 3.8) is 0 Å². The van der Waals surface area contributed by atoms with Crippen molar-refractivity contribution in [2.24, 2.45) is 0 Å². The van der Waals surface area contributed by atoms with Crippen LogP contribution in [0.4, 0.5) is 0 Å². The predicted molar refractivity (Wildman–Crippen MR) is 92.4 cm³/mol. The van der Waals surface area contributed by atoms with Gasteiger partial charge in [-0.2, -0.15) is 5.10 Å². The first kappa shape index (κ1) is 16.1. The molecular weight excluding hydrogens is 302 g/mol. The molecule has 24 heavy (non-hydrogen) atoms. The molecule has 1 heterocycles. The molecule has 0 saturated heterocycles. The Balaban J connectivity index is 1.43. The maximum Gasteiger partial charge on any atom is 0.137 e. The standard InChI is InChI=1S/C19H21N3O2/c1-23-18-6-2-17(3-7-18)11-13-24-19-8-4-16(5-9-19)10-12-22-15-20-14-21-22/h2-9,14-15H,10-13H2,1H3. The summed E-state index contributed by atoms with van der Waals surface area (Å²) in [6.07, 6.45) is 5.09. The lowest BCUT2D eigenvalue weighted by Crippen LogP contribution is -2.03. The Morgan fingerprint density at radius 3 is 2.17 bits per heavy atom. The lowest BCUT2D eigenvalue weighted by atomic mass is 10.1. The van der Waals surface area contributed by atoms with Gasteiger partial charge in [-0.15, -0.1) is 0 Å². The predicted octanol–water partition coefficient (Wildman–Crippen LogP) is 3.15. The first-order chi connectivity index (χ1) is 11.8. The molecule has 0 aliphatic heterocycles. The Morgan fingerprint density at radius 1 is 0.875 bits per heavy atom. The molecule has 0 aliphatic rings. The average molecular weight is 323 g/mol. The Labute approximate surface area is 141 Å². The molecule has 2 aromatic carbocycles. The van der Waals surface area contributed by atoms with E-state index >= 15 is 0 Å². The Kier molecular flexibility index (Phi) is 5.45. The fourth-order valence-corrected chi connectivity index (χ4v) is 2.42. The maximum absolute atomic E-state index is 5.81. The second kappa shape index (κ2) is 8.15. The summed E-state index contributed by atoms with van der Waals surface area (Å²) in [4.78, 5) is 3.94. The highest BCUT2D eigenvalue weighted by atomic mass is 16.5. The summed E-state index contributed by atoms with van der Waals surface area (Å²) < 4.78 is 12.8. The number of rotatable bonds is 8. The van der Waals surface area contributed by atoms with E-state index in [4.69, 9.17) is 9.47 Å². The second-order valence-electron chi connectivity index (χ2n) is 5.50. The molecule has 0 radical (unpaired) electrons. The van der Waals surface area contributed by atoms with Crippen molar-refractivity contribution in [3.8, 4) is 11.5 Å². The molecule has 0 bridgehead atoms. The van der Waals surface area contributed by atoms with Gasteiger partial charge >= 0.3 is 0 Å². The molecule has 0 saturated carbocycles.